The Morgan fingerprint density at radius 2 is 1.06 bits per heavy atom. The van der Waals surface area contributed by atoms with Crippen molar-refractivity contribution >= 4 is 29.9 Å². The van der Waals surface area contributed by atoms with Gasteiger partial charge in [0.2, 0.25) is 7.49 Å². The van der Waals surface area contributed by atoms with Crippen molar-refractivity contribution in [3.05, 3.63) is 125 Å². The summed E-state index contributed by atoms with van der Waals surface area (Å²) in [6.07, 6.45) is 3.89. The molecule has 0 atom stereocenters. The Morgan fingerprint density at radius 1 is 0.656 bits per heavy atom. The topological polar surface area (TPSA) is 46.6 Å². The Morgan fingerprint density at radius 3 is 1.47 bits per heavy atom. The highest BCUT2D eigenvalue weighted by atomic mass is 31.2. The molecule has 2 amide bonds. The molecule has 0 aliphatic carbocycles. The van der Waals surface area contributed by atoms with Crippen molar-refractivity contribution in [2.24, 2.45) is 0 Å². The summed E-state index contributed by atoms with van der Waals surface area (Å²) in [5.41, 5.74) is 2.90. The summed E-state index contributed by atoms with van der Waals surface area (Å²) < 4.78 is 6.21. The molecule has 0 unspecified atom stereocenters. The molecule has 2 aliphatic heterocycles. The van der Waals surface area contributed by atoms with Gasteiger partial charge in [0, 0.05) is 11.1 Å². The number of rotatable bonds is 4. The highest BCUT2D eigenvalue weighted by Gasteiger charge is 2.50. The lowest BCUT2D eigenvalue weighted by Gasteiger charge is -2.32. The van der Waals surface area contributed by atoms with Crippen molar-refractivity contribution < 1.29 is 14.1 Å². The van der Waals surface area contributed by atoms with Crippen LogP contribution in [0.2, 0.25) is 0 Å². The van der Waals surface area contributed by atoms with Crippen LogP contribution in [0.5, 0.6) is 0 Å². The van der Waals surface area contributed by atoms with Crippen LogP contribution in [0, 0.1) is 6.04 Å². The van der Waals surface area contributed by atoms with Crippen LogP contribution < -0.4 is 0 Å². The fourth-order valence-electron chi connectivity index (χ4n) is 4.32. The predicted molar refractivity (Wildman–Crippen MR) is 129 cm³/mol. The number of nitrogens with zero attached hydrogens (tertiary/aromatic N) is 1. The lowest BCUT2D eigenvalue weighted by atomic mass is 10.1. The first kappa shape index (κ1) is 20.6. The third kappa shape index (κ3) is 3.15. The van der Waals surface area contributed by atoms with Gasteiger partial charge in [0.25, 0.3) is 11.8 Å². The van der Waals surface area contributed by atoms with Crippen molar-refractivity contribution in [3.8, 4) is 0 Å². The molecule has 3 aromatic carbocycles. The van der Waals surface area contributed by atoms with Crippen molar-refractivity contribution in [3.63, 3.8) is 0 Å². The predicted octanol–water partition coefficient (Wildman–Crippen LogP) is 6.12. The molecular formula is C27H22NO3P+. The maximum atomic E-state index is 13.2. The van der Waals surface area contributed by atoms with E-state index in [1.54, 1.807) is 31.4 Å². The van der Waals surface area contributed by atoms with Crippen LogP contribution in [-0.4, -0.2) is 30.5 Å². The average molecular weight is 439 g/mol. The van der Waals surface area contributed by atoms with Gasteiger partial charge in [-0.3, -0.25) is 14.5 Å². The van der Waals surface area contributed by atoms with E-state index >= 15 is 0 Å². The highest BCUT2D eigenvalue weighted by molar-refractivity contribution is 7.89. The summed E-state index contributed by atoms with van der Waals surface area (Å²) >= 11 is 0. The minimum atomic E-state index is -2.25. The van der Waals surface area contributed by atoms with E-state index in [2.05, 4.69) is 6.66 Å². The van der Waals surface area contributed by atoms with E-state index in [4.69, 9.17) is 4.52 Å². The van der Waals surface area contributed by atoms with E-state index in [1.807, 2.05) is 72.8 Å². The van der Waals surface area contributed by atoms with Gasteiger partial charge in [-0.1, -0.05) is 72.8 Å². The Kier molecular flexibility index (Phi) is 5.13. The first-order chi connectivity index (χ1) is 15.5. The number of fused-ring (bicyclic) bond motifs is 1. The van der Waals surface area contributed by atoms with E-state index in [9.17, 15) is 9.59 Å². The Hall–Kier alpha value is -3.33. The van der Waals surface area contributed by atoms with Crippen molar-refractivity contribution in [1.82, 2.24) is 4.90 Å². The standard InChI is InChI=1S/C27H22NO3P/c1-31-32(2)24(19-11-5-3-6-12-19)17-21(18-25(32)20-13-7-4-8-14-20)28-26(29)22-15-9-10-16-23(22)27(28)30/h3-18H,1-2H3/q+1. The molecule has 157 valence electrons. The van der Waals surface area contributed by atoms with Gasteiger partial charge in [-0.05, 0) is 24.3 Å². The second-order valence-electron chi connectivity index (χ2n) is 7.81. The second-order valence-corrected chi connectivity index (χ2v) is 11.0. The fraction of sp³-hybridized carbons (Fsp3) is 0.0741. The van der Waals surface area contributed by atoms with Gasteiger partial charge in [0.05, 0.1) is 24.9 Å². The second kappa shape index (κ2) is 7.98. The zero-order valence-corrected chi connectivity index (χ0v) is 18.8. The van der Waals surface area contributed by atoms with Crippen LogP contribution in [0.4, 0.5) is 0 Å². The molecule has 32 heavy (non-hydrogen) atoms. The van der Waals surface area contributed by atoms with Crippen molar-refractivity contribution in [1.29, 1.82) is 0 Å². The first-order valence-corrected chi connectivity index (χ1v) is 12.5. The van der Waals surface area contributed by atoms with E-state index in [-0.39, 0.29) is 11.8 Å². The number of carbonyl (C=O) groups is 2. The fourth-order valence-corrected chi connectivity index (χ4v) is 7.02. The summed E-state index contributed by atoms with van der Waals surface area (Å²) in [7, 11) is -0.517. The lowest BCUT2D eigenvalue weighted by molar-refractivity contribution is 0.0686. The molecule has 1 radical (unpaired) electrons. The molecule has 2 heterocycles. The summed E-state index contributed by atoms with van der Waals surface area (Å²) in [6.45, 7) is 2.13. The highest BCUT2D eigenvalue weighted by Crippen LogP contribution is 2.77. The van der Waals surface area contributed by atoms with Crippen LogP contribution in [-0.2, 0) is 4.52 Å². The summed E-state index contributed by atoms with van der Waals surface area (Å²) in [5, 5.41) is 1.99. The quantitative estimate of drug-likeness (QED) is 0.364. The maximum Gasteiger partial charge on any atom is 0.262 e. The summed E-state index contributed by atoms with van der Waals surface area (Å²) in [6, 6.07) is 27.6. The van der Waals surface area contributed by atoms with Gasteiger partial charge in [0.15, 0.2) is 0 Å². The number of hydrogen-bond donors (Lipinski definition) is 0. The third-order valence-electron chi connectivity index (χ3n) is 6.05. The van der Waals surface area contributed by atoms with Crippen LogP contribution in [0.1, 0.15) is 31.8 Å². The molecule has 0 N–H and O–H groups in total. The molecule has 5 rings (SSSR count). The smallest absolute Gasteiger partial charge is 0.262 e. The summed E-state index contributed by atoms with van der Waals surface area (Å²) in [5.74, 6) is -0.598. The van der Waals surface area contributed by atoms with Crippen LogP contribution >= 0.6 is 7.49 Å². The Bertz CT molecular complexity index is 1170. The molecule has 0 spiro atoms. The molecule has 0 aromatic heterocycles. The molecule has 0 saturated carbocycles. The lowest BCUT2D eigenvalue weighted by Crippen LogP contribution is -2.33. The molecule has 5 heteroatoms. The maximum absolute atomic E-state index is 13.2. The molecule has 0 saturated heterocycles. The minimum Gasteiger partial charge on any atom is -0.269 e. The number of amides is 2. The van der Waals surface area contributed by atoms with Gasteiger partial charge in [-0.2, -0.15) is 0 Å². The normalized spacial score (nSPS) is 17.8. The molecule has 0 bridgehead atoms. The molecular weight excluding hydrogens is 417 g/mol. The Balaban J connectivity index is 1.70. The van der Waals surface area contributed by atoms with E-state index in [0.29, 0.717) is 17.2 Å². The van der Waals surface area contributed by atoms with Crippen molar-refractivity contribution in [2.75, 3.05) is 13.8 Å². The van der Waals surface area contributed by atoms with Gasteiger partial charge < -0.3 is 0 Å². The number of hydrogen-bond acceptors (Lipinski definition) is 3. The average Bonchev–Trinajstić information content (AvgIpc) is 3.10. The zero-order valence-electron chi connectivity index (χ0n) is 17.9. The minimum absolute atomic E-state index is 0.299. The van der Waals surface area contributed by atoms with Gasteiger partial charge in [-0.25, -0.2) is 4.52 Å². The van der Waals surface area contributed by atoms with Crippen LogP contribution in [0.15, 0.2) is 97.1 Å². The summed E-state index contributed by atoms with van der Waals surface area (Å²) in [4.78, 5) is 27.7. The van der Waals surface area contributed by atoms with Gasteiger partial charge in [-0.15, -0.1) is 0 Å². The SMILES string of the molecule is CO[P+]1(C)C(c2ccccc2)=C[C](N2C(=O)c3ccccc3C2=O)C=C1c1ccccc1. The van der Waals surface area contributed by atoms with E-state index < -0.39 is 7.49 Å². The monoisotopic (exact) mass is 439 g/mol. The molecule has 3 aromatic rings. The largest absolute Gasteiger partial charge is 0.269 e. The van der Waals surface area contributed by atoms with Gasteiger partial charge in [0.1, 0.15) is 16.7 Å². The number of benzene rings is 3. The third-order valence-corrected chi connectivity index (χ3v) is 9.39. The number of imide groups is 1. The Labute approximate surface area is 188 Å². The van der Waals surface area contributed by atoms with Crippen LogP contribution in [0.3, 0.4) is 0 Å². The van der Waals surface area contributed by atoms with Crippen LogP contribution in [0.25, 0.3) is 10.6 Å². The van der Waals surface area contributed by atoms with Gasteiger partial charge >= 0.3 is 0 Å². The molecule has 4 nitrogen and oxygen atoms in total. The van der Waals surface area contributed by atoms with Crippen molar-refractivity contribution in [2.45, 2.75) is 0 Å². The van der Waals surface area contributed by atoms with E-state index in [0.717, 1.165) is 21.8 Å². The van der Waals surface area contributed by atoms with E-state index in [1.165, 1.54) is 4.90 Å². The first-order valence-electron chi connectivity index (χ1n) is 10.4. The zero-order chi connectivity index (χ0) is 22.3. The number of carbonyl (C=O) groups excluding carboxylic acids is 2. The molecule has 2 aliphatic rings. The molecule has 0 fully saturated rings.